The molecule has 0 spiro atoms. The number of nitro benzene ring substituents is 1. The fourth-order valence-corrected chi connectivity index (χ4v) is 3.16. The number of nitrogens with two attached hydrogens (primary N) is 1. The van der Waals surface area contributed by atoms with Gasteiger partial charge in [0.25, 0.3) is 11.6 Å². The second-order valence-electron chi connectivity index (χ2n) is 6.79. The summed E-state index contributed by atoms with van der Waals surface area (Å²) in [7, 11) is 0. The molecule has 3 heterocycles. The summed E-state index contributed by atoms with van der Waals surface area (Å²) in [6, 6.07) is 10.7. The van der Waals surface area contributed by atoms with Crippen molar-refractivity contribution in [1.82, 2.24) is 30.7 Å². The molecular formula is C19H13N9O6. The van der Waals surface area contributed by atoms with Crippen molar-refractivity contribution in [2.45, 2.75) is 0 Å². The Labute approximate surface area is 188 Å². The number of non-ortho nitro benzene ring substituents is 1. The Bertz CT molecular complexity index is 1440. The molecule has 15 heteroatoms. The average Bonchev–Trinajstić information content (AvgIpc) is 3.57. The number of aromatic nitrogens is 5. The fourth-order valence-electron chi connectivity index (χ4n) is 3.16. The van der Waals surface area contributed by atoms with Crippen LogP contribution in [0.25, 0.3) is 17.1 Å². The first-order chi connectivity index (χ1) is 16.5. The summed E-state index contributed by atoms with van der Waals surface area (Å²) in [4.78, 5) is 23.3. The zero-order valence-corrected chi connectivity index (χ0v) is 17.0. The number of nitrogens with one attached hydrogen (secondary N) is 1. The van der Waals surface area contributed by atoms with E-state index in [1.165, 1.54) is 29.1 Å². The highest BCUT2D eigenvalue weighted by Gasteiger charge is 2.26. The number of carbonyl (C=O) groups excluding carboxylic acids is 1. The molecule has 4 aromatic rings. The summed E-state index contributed by atoms with van der Waals surface area (Å²) in [5.74, 6) is 0.252. The quantitative estimate of drug-likeness (QED) is 0.237. The van der Waals surface area contributed by atoms with Gasteiger partial charge in [-0.25, -0.2) is 10.1 Å². The largest absolute Gasteiger partial charge is 0.454 e. The lowest BCUT2D eigenvalue weighted by molar-refractivity contribution is -0.384. The third kappa shape index (κ3) is 3.72. The molecule has 0 unspecified atom stereocenters. The maximum Gasteiger partial charge on any atom is 0.294 e. The number of hydrogen-bond donors (Lipinski definition) is 2. The van der Waals surface area contributed by atoms with Gasteiger partial charge in [-0.05, 0) is 28.5 Å². The zero-order chi connectivity index (χ0) is 23.7. The molecule has 1 aliphatic heterocycles. The number of benzene rings is 2. The minimum absolute atomic E-state index is 0.0271. The molecule has 34 heavy (non-hydrogen) atoms. The first kappa shape index (κ1) is 20.6. The van der Waals surface area contributed by atoms with Gasteiger partial charge in [0.1, 0.15) is 5.69 Å². The molecule has 2 aromatic carbocycles. The smallest absolute Gasteiger partial charge is 0.294 e. The van der Waals surface area contributed by atoms with Crippen molar-refractivity contribution in [3.05, 3.63) is 63.8 Å². The topological polar surface area (TPSA) is 199 Å². The number of nitrogens with zero attached hydrogens (tertiary/aromatic N) is 7. The highest BCUT2D eigenvalue weighted by molar-refractivity contribution is 5.99. The molecule has 3 N–H and O–H groups in total. The summed E-state index contributed by atoms with van der Waals surface area (Å²) in [5, 5.41) is 29.9. The van der Waals surface area contributed by atoms with Crippen LogP contribution >= 0.6 is 0 Å². The first-order valence-corrected chi connectivity index (χ1v) is 9.53. The number of nitrogen functional groups attached to an aromatic ring is 1. The number of carbonyl (C=O) groups is 1. The molecule has 0 atom stereocenters. The van der Waals surface area contributed by atoms with E-state index in [9.17, 15) is 14.9 Å². The zero-order valence-electron chi connectivity index (χ0n) is 17.0. The van der Waals surface area contributed by atoms with E-state index in [2.05, 4.69) is 35.8 Å². The number of fused-ring (bicyclic) bond motifs is 1. The van der Waals surface area contributed by atoms with Crippen molar-refractivity contribution in [2.24, 2.45) is 5.10 Å². The maximum absolute atomic E-state index is 12.9. The lowest BCUT2D eigenvalue weighted by Crippen LogP contribution is -2.19. The maximum atomic E-state index is 12.9. The van der Waals surface area contributed by atoms with E-state index in [4.69, 9.17) is 15.2 Å². The van der Waals surface area contributed by atoms with Gasteiger partial charge in [0.05, 0.1) is 11.1 Å². The molecule has 170 valence electrons. The third-order valence-corrected chi connectivity index (χ3v) is 4.69. The van der Waals surface area contributed by atoms with Crippen LogP contribution in [0.2, 0.25) is 0 Å². The van der Waals surface area contributed by atoms with Gasteiger partial charge >= 0.3 is 0 Å². The molecule has 15 nitrogen and oxygen atoms in total. The van der Waals surface area contributed by atoms with E-state index in [1.807, 2.05) is 0 Å². The van der Waals surface area contributed by atoms with Crippen LogP contribution in [-0.4, -0.2) is 49.1 Å². The molecule has 0 fully saturated rings. The van der Waals surface area contributed by atoms with Gasteiger partial charge in [-0.3, -0.25) is 14.9 Å². The monoisotopic (exact) mass is 463 g/mol. The summed E-state index contributed by atoms with van der Waals surface area (Å²) in [6.45, 7) is 0.0656. The van der Waals surface area contributed by atoms with Crippen molar-refractivity contribution >= 4 is 23.6 Å². The van der Waals surface area contributed by atoms with Crippen molar-refractivity contribution < 1.29 is 23.8 Å². The Morgan fingerprint density at radius 2 is 2.06 bits per heavy atom. The van der Waals surface area contributed by atoms with E-state index in [0.717, 1.165) is 0 Å². The van der Waals surface area contributed by atoms with Crippen LogP contribution in [0.5, 0.6) is 11.5 Å². The van der Waals surface area contributed by atoms with Gasteiger partial charge in [-0.15, -0.1) is 5.10 Å². The Morgan fingerprint density at radius 3 is 2.85 bits per heavy atom. The molecule has 0 radical (unpaired) electrons. The first-order valence-electron chi connectivity index (χ1n) is 9.53. The highest BCUT2D eigenvalue weighted by atomic mass is 16.7. The number of ether oxygens (including phenoxy) is 2. The van der Waals surface area contributed by atoms with Gasteiger partial charge in [0, 0.05) is 23.3 Å². The lowest BCUT2D eigenvalue weighted by Gasteiger charge is -2.07. The minimum atomic E-state index is -0.712. The Kier molecular flexibility index (Phi) is 5.02. The predicted octanol–water partition coefficient (Wildman–Crippen LogP) is 1.30. The van der Waals surface area contributed by atoms with Gasteiger partial charge in [0.2, 0.25) is 18.4 Å². The summed E-state index contributed by atoms with van der Waals surface area (Å²) < 4.78 is 16.6. The Morgan fingerprint density at radius 1 is 1.21 bits per heavy atom. The van der Waals surface area contributed by atoms with Crippen LogP contribution in [0.15, 0.2) is 52.2 Å². The summed E-state index contributed by atoms with van der Waals surface area (Å²) in [5.41, 5.74) is 9.02. The van der Waals surface area contributed by atoms with E-state index >= 15 is 0 Å². The molecule has 0 aliphatic carbocycles. The number of rotatable bonds is 6. The molecule has 1 amide bonds. The van der Waals surface area contributed by atoms with Gasteiger partial charge < -0.3 is 15.2 Å². The van der Waals surface area contributed by atoms with E-state index in [-0.39, 0.29) is 35.5 Å². The van der Waals surface area contributed by atoms with Crippen LogP contribution in [0.4, 0.5) is 11.5 Å². The van der Waals surface area contributed by atoms with Crippen LogP contribution in [0, 0.1) is 10.1 Å². The van der Waals surface area contributed by atoms with E-state index in [1.54, 1.807) is 24.3 Å². The van der Waals surface area contributed by atoms with Gasteiger partial charge in [-0.2, -0.15) is 9.78 Å². The SMILES string of the molecule is Nc1nonc1-n1nnc(C(=O)N/N=C/c2cccc([N+](=O)[O-])c2)c1-c1ccc2c(c1)OCO2. The average molecular weight is 463 g/mol. The van der Waals surface area contributed by atoms with E-state index < -0.39 is 10.8 Å². The summed E-state index contributed by atoms with van der Waals surface area (Å²) in [6.07, 6.45) is 1.26. The van der Waals surface area contributed by atoms with Crippen molar-refractivity contribution in [3.63, 3.8) is 0 Å². The van der Waals surface area contributed by atoms with Gasteiger partial charge in [-0.1, -0.05) is 17.3 Å². The standard InChI is InChI=1S/C19H13N9O6/c20-17-18(25-34-24-17)27-16(11-4-5-13-14(7-11)33-9-32-13)15(22-26-27)19(29)23-21-8-10-2-1-3-12(6-10)28(30)31/h1-8H,9H2,(H2,20,24)(H,23,29)/b21-8+. The molecule has 0 saturated carbocycles. The Balaban J connectivity index is 1.48. The molecular weight excluding hydrogens is 450 g/mol. The van der Waals surface area contributed by atoms with Crippen LogP contribution in [0.1, 0.15) is 16.1 Å². The minimum Gasteiger partial charge on any atom is -0.454 e. The van der Waals surface area contributed by atoms with Crippen LogP contribution in [0.3, 0.4) is 0 Å². The van der Waals surface area contributed by atoms with Crippen LogP contribution < -0.4 is 20.6 Å². The third-order valence-electron chi connectivity index (χ3n) is 4.69. The molecule has 0 bridgehead atoms. The normalized spacial score (nSPS) is 12.2. The number of hydrazone groups is 1. The second-order valence-corrected chi connectivity index (χ2v) is 6.79. The molecule has 2 aromatic heterocycles. The number of amides is 1. The van der Waals surface area contributed by atoms with Crippen molar-refractivity contribution in [1.29, 1.82) is 0 Å². The number of anilines is 1. The molecule has 0 saturated heterocycles. The van der Waals surface area contributed by atoms with Crippen molar-refractivity contribution in [3.8, 4) is 28.6 Å². The summed E-state index contributed by atoms with van der Waals surface area (Å²) >= 11 is 0. The number of nitro groups is 1. The lowest BCUT2D eigenvalue weighted by atomic mass is 10.1. The second kappa shape index (κ2) is 8.30. The number of hydrogen-bond acceptors (Lipinski definition) is 12. The highest BCUT2D eigenvalue weighted by Crippen LogP contribution is 2.37. The van der Waals surface area contributed by atoms with Gasteiger partial charge in [0.15, 0.2) is 17.2 Å². The predicted molar refractivity (Wildman–Crippen MR) is 113 cm³/mol. The van der Waals surface area contributed by atoms with E-state index in [0.29, 0.717) is 22.6 Å². The van der Waals surface area contributed by atoms with Crippen LogP contribution in [-0.2, 0) is 0 Å². The van der Waals surface area contributed by atoms with Crippen molar-refractivity contribution in [2.75, 3.05) is 12.5 Å². The molecule has 1 aliphatic rings. The Hall–Kier alpha value is -5.34. The molecule has 5 rings (SSSR count). The fraction of sp³-hybridized carbons (Fsp3) is 0.0526.